The fourth-order valence-electron chi connectivity index (χ4n) is 3.96. The lowest BCUT2D eigenvalue weighted by Crippen LogP contribution is -2.42. The number of hydrogen-bond acceptors (Lipinski definition) is 8. The molecular formula is C23H28N6O4. The SMILES string of the molecule is CCC/C(=C\c1nc(N)c2ncn([C@@H]3O[C@H](C(=O)NCC)[C@@H](O)[C@H]3O)c2n1)c1ccccc1. The first-order chi connectivity index (χ1) is 15.9. The van der Waals surface area contributed by atoms with Gasteiger partial charge in [-0.15, -0.1) is 0 Å². The summed E-state index contributed by atoms with van der Waals surface area (Å²) in [6, 6.07) is 9.96. The summed E-state index contributed by atoms with van der Waals surface area (Å²) < 4.78 is 7.19. The number of ether oxygens (including phenoxy) is 1. The van der Waals surface area contributed by atoms with Gasteiger partial charge in [-0.05, 0) is 30.6 Å². The zero-order valence-corrected chi connectivity index (χ0v) is 18.5. The minimum atomic E-state index is -1.40. The van der Waals surface area contributed by atoms with Crippen molar-refractivity contribution in [2.75, 3.05) is 12.3 Å². The number of imidazole rings is 1. The van der Waals surface area contributed by atoms with Crippen molar-refractivity contribution in [3.63, 3.8) is 0 Å². The van der Waals surface area contributed by atoms with Crippen LogP contribution in [-0.2, 0) is 9.53 Å². The van der Waals surface area contributed by atoms with E-state index in [1.54, 1.807) is 6.92 Å². The van der Waals surface area contributed by atoms with Gasteiger partial charge in [0.1, 0.15) is 17.7 Å². The number of aliphatic hydroxyl groups is 2. The molecule has 4 atom stereocenters. The number of hydrogen-bond donors (Lipinski definition) is 4. The summed E-state index contributed by atoms with van der Waals surface area (Å²) in [6.07, 6.45) is 0.0332. The maximum Gasteiger partial charge on any atom is 0.252 e. The number of rotatable bonds is 7. The highest BCUT2D eigenvalue weighted by Gasteiger charge is 2.47. The molecule has 33 heavy (non-hydrogen) atoms. The molecule has 10 nitrogen and oxygen atoms in total. The molecule has 1 aliphatic heterocycles. The molecule has 0 radical (unpaired) electrons. The molecule has 1 aromatic carbocycles. The van der Waals surface area contributed by atoms with Crippen LogP contribution >= 0.6 is 0 Å². The molecule has 0 spiro atoms. The first-order valence-electron chi connectivity index (χ1n) is 11.0. The van der Waals surface area contributed by atoms with Crippen molar-refractivity contribution in [2.45, 2.75) is 51.2 Å². The van der Waals surface area contributed by atoms with Crippen LogP contribution in [0.15, 0.2) is 36.7 Å². The van der Waals surface area contributed by atoms with Crippen molar-refractivity contribution in [2.24, 2.45) is 0 Å². The van der Waals surface area contributed by atoms with Gasteiger partial charge in [0.2, 0.25) is 0 Å². The average Bonchev–Trinajstić information content (AvgIpc) is 3.36. The third-order valence-electron chi connectivity index (χ3n) is 5.55. The van der Waals surface area contributed by atoms with E-state index in [2.05, 4.69) is 27.2 Å². The van der Waals surface area contributed by atoms with Gasteiger partial charge in [0, 0.05) is 6.54 Å². The van der Waals surface area contributed by atoms with Crippen LogP contribution in [0, 0.1) is 0 Å². The Balaban J connectivity index is 1.73. The van der Waals surface area contributed by atoms with Gasteiger partial charge in [0.15, 0.2) is 29.6 Å². The molecule has 174 valence electrons. The summed E-state index contributed by atoms with van der Waals surface area (Å²) in [6.45, 7) is 4.23. The standard InChI is InChI=1S/C23H28N6O4/c1-3-8-14(13-9-6-5-7-10-13)11-15-27-20(24)16-21(28-15)29(12-26-16)23-18(31)17(30)19(33-23)22(32)25-4-2/h5-7,9-12,17-19,23,30-31H,3-4,8H2,1-2H3,(H,25,32)(H2,24,27,28)/b14-11+/t17-,18+,19-,23+/m0/s1. The maximum atomic E-state index is 12.2. The van der Waals surface area contributed by atoms with Crippen molar-refractivity contribution in [1.82, 2.24) is 24.8 Å². The molecule has 3 heterocycles. The molecule has 1 aliphatic rings. The number of allylic oxidation sites excluding steroid dienone is 1. The van der Waals surface area contributed by atoms with Crippen molar-refractivity contribution >= 4 is 34.5 Å². The molecule has 1 amide bonds. The normalized spacial score (nSPS) is 23.2. The molecular weight excluding hydrogens is 424 g/mol. The highest BCUT2D eigenvalue weighted by Crippen LogP contribution is 2.32. The van der Waals surface area contributed by atoms with E-state index in [0.717, 1.165) is 24.0 Å². The summed E-state index contributed by atoms with van der Waals surface area (Å²) in [5.41, 5.74) is 8.97. The lowest BCUT2D eigenvalue weighted by molar-refractivity contribution is -0.137. The van der Waals surface area contributed by atoms with Crippen molar-refractivity contribution in [3.05, 3.63) is 48.0 Å². The van der Waals surface area contributed by atoms with E-state index in [0.29, 0.717) is 23.5 Å². The van der Waals surface area contributed by atoms with E-state index in [-0.39, 0.29) is 5.82 Å². The molecule has 0 bridgehead atoms. The van der Waals surface area contributed by atoms with E-state index >= 15 is 0 Å². The number of anilines is 1. The Morgan fingerprint density at radius 1 is 1.21 bits per heavy atom. The number of aromatic nitrogens is 4. The highest BCUT2D eigenvalue weighted by atomic mass is 16.6. The van der Waals surface area contributed by atoms with E-state index in [1.807, 2.05) is 36.4 Å². The molecule has 4 rings (SSSR count). The number of nitrogens with one attached hydrogen (secondary N) is 1. The molecule has 1 fully saturated rings. The maximum absolute atomic E-state index is 12.2. The summed E-state index contributed by atoms with van der Waals surface area (Å²) in [5, 5.41) is 23.6. The Kier molecular flexibility index (Phi) is 6.68. The number of fused-ring (bicyclic) bond motifs is 1. The van der Waals surface area contributed by atoms with Gasteiger partial charge >= 0.3 is 0 Å². The number of carbonyl (C=O) groups excluding carboxylic acids is 1. The van der Waals surface area contributed by atoms with Crippen LogP contribution < -0.4 is 11.1 Å². The van der Waals surface area contributed by atoms with Gasteiger partial charge in [-0.3, -0.25) is 9.36 Å². The van der Waals surface area contributed by atoms with Gasteiger partial charge in [-0.2, -0.15) is 0 Å². The van der Waals surface area contributed by atoms with Gasteiger partial charge in [0.05, 0.1) is 6.33 Å². The largest absolute Gasteiger partial charge is 0.387 e. The minimum Gasteiger partial charge on any atom is -0.387 e. The molecule has 5 N–H and O–H groups in total. The van der Waals surface area contributed by atoms with Crippen molar-refractivity contribution < 1.29 is 19.7 Å². The quantitative estimate of drug-likeness (QED) is 0.421. The van der Waals surface area contributed by atoms with Gasteiger partial charge < -0.3 is 26.0 Å². The Labute approximate surface area is 191 Å². The zero-order valence-electron chi connectivity index (χ0n) is 18.5. The summed E-state index contributed by atoms with van der Waals surface area (Å²) in [7, 11) is 0. The van der Waals surface area contributed by atoms with Crippen molar-refractivity contribution in [1.29, 1.82) is 0 Å². The monoisotopic (exact) mass is 452 g/mol. The molecule has 0 saturated carbocycles. The second kappa shape index (κ2) is 9.65. The van der Waals surface area contributed by atoms with Crippen LogP contribution in [0.3, 0.4) is 0 Å². The first-order valence-corrected chi connectivity index (χ1v) is 11.0. The van der Waals surface area contributed by atoms with E-state index < -0.39 is 30.4 Å². The molecule has 1 saturated heterocycles. The van der Waals surface area contributed by atoms with Crippen LogP contribution in [0.5, 0.6) is 0 Å². The third kappa shape index (κ3) is 4.45. The van der Waals surface area contributed by atoms with E-state index in [1.165, 1.54) is 10.9 Å². The van der Waals surface area contributed by atoms with Gasteiger partial charge in [-0.25, -0.2) is 15.0 Å². The number of aliphatic hydroxyl groups excluding tert-OH is 2. The zero-order chi connectivity index (χ0) is 23.5. The molecule has 3 aromatic rings. The first kappa shape index (κ1) is 22.8. The number of nitrogens with zero attached hydrogens (tertiary/aromatic N) is 4. The second-order valence-electron chi connectivity index (χ2n) is 7.90. The highest BCUT2D eigenvalue weighted by molar-refractivity contribution is 5.86. The average molecular weight is 453 g/mol. The minimum absolute atomic E-state index is 0.183. The molecule has 0 unspecified atom stereocenters. The Hall–Kier alpha value is -3.34. The fraction of sp³-hybridized carbons (Fsp3) is 0.391. The van der Waals surface area contributed by atoms with Crippen molar-refractivity contribution in [3.8, 4) is 0 Å². The third-order valence-corrected chi connectivity index (χ3v) is 5.55. The fourth-order valence-corrected chi connectivity index (χ4v) is 3.96. The molecule has 0 aliphatic carbocycles. The number of nitrogens with two attached hydrogens (primary N) is 1. The lowest BCUT2D eigenvalue weighted by Gasteiger charge is -2.16. The van der Waals surface area contributed by atoms with E-state index in [4.69, 9.17) is 10.5 Å². The predicted molar refractivity (Wildman–Crippen MR) is 124 cm³/mol. The summed E-state index contributed by atoms with van der Waals surface area (Å²) in [4.78, 5) is 25.5. The van der Waals surface area contributed by atoms with Crippen LogP contribution in [0.25, 0.3) is 22.8 Å². The topological polar surface area (TPSA) is 148 Å². The predicted octanol–water partition coefficient (Wildman–Crippen LogP) is 1.50. The summed E-state index contributed by atoms with van der Waals surface area (Å²) >= 11 is 0. The number of amides is 1. The Morgan fingerprint density at radius 2 is 1.97 bits per heavy atom. The van der Waals surface area contributed by atoms with Crippen LogP contribution in [-0.4, -0.2) is 60.5 Å². The number of carbonyl (C=O) groups is 1. The van der Waals surface area contributed by atoms with Gasteiger partial charge in [-0.1, -0.05) is 43.7 Å². The second-order valence-corrected chi connectivity index (χ2v) is 7.90. The van der Waals surface area contributed by atoms with Crippen LogP contribution in [0.4, 0.5) is 5.82 Å². The number of benzene rings is 1. The number of nitrogen functional groups attached to an aromatic ring is 1. The molecule has 2 aromatic heterocycles. The van der Waals surface area contributed by atoms with E-state index in [9.17, 15) is 15.0 Å². The van der Waals surface area contributed by atoms with Crippen LogP contribution in [0.1, 0.15) is 44.3 Å². The Morgan fingerprint density at radius 3 is 2.67 bits per heavy atom. The smallest absolute Gasteiger partial charge is 0.252 e. The van der Waals surface area contributed by atoms with Gasteiger partial charge in [0.25, 0.3) is 5.91 Å². The molecule has 10 heteroatoms. The Bertz CT molecular complexity index is 1160. The number of likely N-dealkylation sites (N-methyl/N-ethyl adjacent to an activating group) is 1. The summed E-state index contributed by atoms with van der Waals surface area (Å²) in [5.74, 6) is 0.0744. The lowest BCUT2D eigenvalue weighted by atomic mass is 10.0. The van der Waals surface area contributed by atoms with Crippen LogP contribution in [0.2, 0.25) is 0 Å².